The first kappa shape index (κ1) is 19.7. The van der Waals surface area contributed by atoms with Gasteiger partial charge in [0, 0.05) is 17.8 Å². The molecule has 1 atom stereocenters. The minimum atomic E-state index is -1.56. The number of carbonyl (C=O) groups excluding carboxylic acids is 3. The van der Waals surface area contributed by atoms with Crippen molar-refractivity contribution in [2.75, 3.05) is 31.7 Å². The summed E-state index contributed by atoms with van der Waals surface area (Å²) >= 11 is 0. The first-order chi connectivity index (χ1) is 14.5. The monoisotopic (exact) mass is 406 g/mol. The van der Waals surface area contributed by atoms with E-state index in [4.69, 9.17) is 9.47 Å². The normalized spacial score (nSPS) is 20.1. The molecule has 2 heterocycles. The third kappa shape index (κ3) is 2.94. The standard InChI is InChI=1S/C23H22N2O5/c1-3-11-24-19-10-9-17(29-2)14-18(19)23(21(24)27)15-20(26)25(22(23)28)12-13-30-16-7-5-4-6-8-16/h3-10,14H,1,11-13,15H2,2H3. The Morgan fingerprint density at radius 1 is 1.03 bits per heavy atom. The summed E-state index contributed by atoms with van der Waals surface area (Å²) in [5.74, 6) is -0.145. The molecule has 1 unspecified atom stereocenters. The number of para-hydroxylation sites is 1. The number of nitrogens with zero attached hydrogens (tertiary/aromatic N) is 2. The number of rotatable bonds is 7. The van der Waals surface area contributed by atoms with Crippen LogP contribution in [-0.2, 0) is 19.8 Å². The van der Waals surface area contributed by atoms with Gasteiger partial charge in [0.1, 0.15) is 18.1 Å². The number of ether oxygens (including phenoxy) is 2. The Hall–Kier alpha value is -3.61. The number of carbonyl (C=O) groups is 3. The number of fused-ring (bicyclic) bond motifs is 2. The molecule has 1 spiro atoms. The molecule has 1 saturated heterocycles. The molecule has 0 aliphatic carbocycles. The second-order valence-electron chi connectivity index (χ2n) is 7.18. The molecule has 2 aromatic rings. The first-order valence-electron chi connectivity index (χ1n) is 9.67. The Morgan fingerprint density at radius 2 is 1.77 bits per heavy atom. The highest BCUT2D eigenvalue weighted by Crippen LogP contribution is 2.49. The molecular formula is C23H22N2O5. The van der Waals surface area contributed by atoms with E-state index in [1.54, 1.807) is 36.4 Å². The molecule has 4 rings (SSSR count). The summed E-state index contributed by atoms with van der Waals surface area (Å²) in [6, 6.07) is 14.3. The third-order valence-corrected chi connectivity index (χ3v) is 5.53. The van der Waals surface area contributed by atoms with Crippen molar-refractivity contribution < 1.29 is 23.9 Å². The van der Waals surface area contributed by atoms with Crippen molar-refractivity contribution >= 4 is 23.4 Å². The summed E-state index contributed by atoms with van der Waals surface area (Å²) in [5, 5.41) is 0. The van der Waals surface area contributed by atoms with E-state index in [0.29, 0.717) is 22.7 Å². The predicted octanol–water partition coefficient (Wildman–Crippen LogP) is 2.30. The van der Waals surface area contributed by atoms with Gasteiger partial charge < -0.3 is 14.4 Å². The Balaban J connectivity index is 1.63. The Bertz CT molecular complexity index is 1020. The maximum Gasteiger partial charge on any atom is 0.250 e. The molecule has 0 aromatic heterocycles. The number of benzene rings is 2. The van der Waals surface area contributed by atoms with Gasteiger partial charge in [-0.3, -0.25) is 19.3 Å². The molecule has 2 aliphatic rings. The lowest BCUT2D eigenvalue weighted by atomic mass is 9.80. The minimum absolute atomic E-state index is 0.0718. The SMILES string of the molecule is C=CCN1C(=O)C2(CC(=O)N(CCOc3ccccc3)C2=O)c2cc(OC)ccc21. The van der Waals surface area contributed by atoms with E-state index in [2.05, 4.69) is 6.58 Å². The first-order valence-corrected chi connectivity index (χ1v) is 9.67. The van der Waals surface area contributed by atoms with E-state index in [1.165, 1.54) is 12.0 Å². The van der Waals surface area contributed by atoms with Gasteiger partial charge in [0.15, 0.2) is 5.41 Å². The summed E-state index contributed by atoms with van der Waals surface area (Å²) in [7, 11) is 1.52. The largest absolute Gasteiger partial charge is 0.497 e. The molecule has 154 valence electrons. The van der Waals surface area contributed by atoms with Gasteiger partial charge in [-0.25, -0.2) is 0 Å². The number of hydrogen-bond acceptors (Lipinski definition) is 5. The Labute approximate surface area is 174 Å². The number of amides is 3. The number of imide groups is 1. The molecule has 30 heavy (non-hydrogen) atoms. The lowest BCUT2D eigenvalue weighted by molar-refractivity contribution is -0.141. The molecule has 3 amide bonds. The molecule has 7 heteroatoms. The highest BCUT2D eigenvalue weighted by molar-refractivity contribution is 6.28. The van der Waals surface area contributed by atoms with Crippen LogP contribution in [0.25, 0.3) is 0 Å². The summed E-state index contributed by atoms with van der Waals surface area (Å²) in [6.45, 7) is 4.17. The molecule has 0 bridgehead atoms. The summed E-state index contributed by atoms with van der Waals surface area (Å²) in [5.41, 5.74) is -0.459. The van der Waals surface area contributed by atoms with Gasteiger partial charge in [-0.2, -0.15) is 0 Å². The van der Waals surface area contributed by atoms with E-state index in [0.717, 1.165) is 4.90 Å². The Kier molecular flexibility index (Phi) is 5.03. The van der Waals surface area contributed by atoms with E-state index >= 15 is 0 Å². The van der Waals surface area contributed by atoms with Crippen LogP contribution in [0.1, 0.15) is 12.0 Å². The lowest BCUT2D eigenvalue weighted by Crippen LogP contribution is -2.47. The maximum absolute atomic E-state index is 13.4. The number of methoxy groups -OCH3 is 1. The summed E-state index contributed by atoms with van der Waals surface area (Å²) in [6.07, 6.45) is 1.39. The van der Waals surface area contributed by atoms with Gasteiger partial charge in [-0.05, 0) is 30.3 Å². The molecule has 7 nitrogen and oxygen atoms in total. The van der Waals surface area contributed by atoms with Crippen LogP contribution in [0.15, 0.2) is 61.2 Å². The van der Waals surface area contributed by atoms with Crippen LogP contribution in [0.2, 0.25) is 0 Å². The molecule has 0 N–H and O–H groups in total. The summed E-state index contributed by atoms with van der Waals surface area (Å²) in [4.78, 5) is 42.2. The van der Waals surface area contributed by atoms with Crippen molar-refractivity contribution in [1.82, 2.24) is 4.90 Å². The smallest absolute Gasteiger partial charge is 0.250 e. The Morgan fingerprint density at radius 3 is 2.47 bits per heavy atom. The topological polar surface area (TPSA) is 76.2 Å². The van der Waals surface area contributed by atoms with Crippen molar-refractivity contribution in [2.24, 2.45) is 0 Å². The van der Waals surface area contributed by atoms with Crippen LogP contribution in [-0.4, -0.2) is 49.4 Å². The average Bonchev–Trinajstić information content (AvgIpc) is 3.15. The number of likely N-dealkylation sites (tertiary alicyclic amines) is 1. The lowest BCUT2D eigenvalue weighted by Gasteiger charge is -2.22. The van der Waals surface area contributed by atoms with Gasteiger partial charge in [-0.1, -0.05) is 24.3 Å². The van der Waals surface area contributed by atoms with Crippen molar-refractivity contribution in [3.63, 3.8) is 0 Å². The van der Waals surface area contributed by atoms with Crippen molar-refractivity contribution in [2.45, 2.75) is 11.8 Å². The van der Waals surface area contributed by atoms with Crippen molar-refractivity contribution in [1.29, 1.82) is 0 Å². The highest BCUT2D eigenvalue weighted by atomic mass is 16.5. The van der Waals surface area contributed by atoms with Crippen LogP contribution in [0.5, 0.6) is 11.5 Å². The molecule has 0 saturated carbocycles. The molecule has 1 fully saturated rings. The predicted molar refractivity (Wildman–Crippen MR) is 110 cm³/mol. The fraction of sp³-hybridized carbons (Fsp3) is 0.261. The second kappa shape index (κ2) is 7.67. The zero-order valence-corrected chi connectivity index (χ0v) is 16.7. The average molecular weight is 406 g/mol. The van der Waals surface area contributed by atoms with Crippen LogP contribution >= 0.6 is 0 Å². The number of hydrogen-bond donors (Lipinski definition) is 0. The van der Waals surface area contributed by atoms with Crippen LogP contribution in [0.4, 0.5) is 5.69 Å². The number of anilines is 1. The quantitative estimate of drug-likeness (QED) is 0.401. The van der Waals surface area contributed by atoms with E-state index in [1.807, 2.05) is 18.2 Å². The molecule has 0 radical (unpaired) electrons. The fourth-order valence-corrected chi connectivity index (χ4v) is 4.10. The van der Waals surface area contributed by atoms with Gasteiger partial charge in [-0.15, -0.1) is 6.58 Å². The van der Waals surface area contributed by atoms with Crippen LogP contribution in [0, 0.1) is 0 Å². The van der Waals surface area contributed by atoms with Crippen molar-refractivity contribution in [3.8, 4) is 11.5 Å². The fourth-order valence-electron chi connectivity index (χ4n) is 4.10. The van der Waals surface area contributed by atoms with E-state index < -0.39 is 17.2 Å². The van der Waals surface area contributed by atoms with Crippen LogP contribution in [0.3, 0.4) is 0 Å². The second-order valence-corrected chi connectivity index (χ2v) is 7.18. The third-order valence-electron chi connectivity index (χ3n) is 5.53. The van der Waals surface area contributed by atoms with Gasteiger partial charge in [0.2, 0.25) is 17.7 Å². The zero-order chi connectivity index (χ0) is 21.3. The van der Waals surface area contributed by atoms with Crippen molar-refractivity contribution in [3.05, 3.63) is 66.7 Å². The zero-order valence-electron chi connectivity index (χ0n) is 16.7. The molecule has 2 aliphatic heterocycles. The molecule has 2 aromatic carbocycles. The van der Waals surface area contributed by atoms with E-state index in [9.17, 15) is 14.4 Å². The van der Waals surface area contributed by atoms with E-state index in [-0.39, 0.29) is 32.0 Å². The van der Waals surface area contributed by atoms with Crippen LogP contribution < -0.4 is 14.4 Å². The maximum atomic E-state index is 13.4. The van der Waals surface area contributed by atoms with Gasteiger partial charge in [0.05, 0.1) is 20.1 Å². The van der Waals surface area contributed by atoms with Gasteiger partial charge >= 0.3 is 0 Å². The molecular weight excluding hydrogens is 384 g/mol. The van der Waals surface area contributed by atoms with Gasteiger partial charge in [0.25, 0.3) is 0 Å². The summed E-state index contributed by atoms with van der Waals surface area (Å²) < 4.78 is 10.9. The minimum Gasteiger partial charge on any atom is -0.497 e. The highest BCUT2D eigenvalue weighted by Gasteiger charge is 2.63.